The monoisotopic (exact) mass is 376 g/mol. The summed E-state index contributed by atoms with van der Waals surface area (Å²) in [5.74, 6) is 0.121. The first-order chi connectivity index (χ1) is 12.7. The highest BCUT2D eigenvalue weighted by Crippen LogP contribution is 2.20. The number of methoxy groups -OCH3 is 1. The van der Waals surface area contributed by atoms with Gasteiger partial charge in [0.25, 0.3) is 0 Å². The highest BCUT2D eigenvalue weighted by Gasteiger charge is 2.25. The summed E-state index contributed by atoms with van der Waals surface area (Å²) in [6, 6.07) is 7.56. The van der Waals surface area contributed by atoms with Crippen LogP contribution in [0.5, 0.6) is 0 Å². The van der Waals surface area contributed by atoms with Crippen LogP contribution in [0.2, 0.25) is 0 Å². The van der Waals surface area contributed by atoms with E-state index < -0.39 is 5.60 Å². The van der Waals surface area contributed by atoms with Gasteiger partial charge in [-0.3, -0.25) is 4.90 Å². The molecule has 0 aliphatic carbocycles. The van der Waals surface area contributed by atoms with Gasteiger partial charge < -0.3 is 14.4 Å². The molecule has 0 bridgehead atoms. The maximum Gasteiger partial charge on any atom is 0.410 e. The second-order valence-corrected chi connectivity index (χ2v) is 8.29. The molecule has 6 nitrogen and oxygen atoms in total. The molecular weight excluding hydrogens is 344 g/mol. The molecule has 27 heavy (non-hydrogen) atoms. The van der Waals surface area contributed by atoms with Gasteiger partial charge in [-0.1, -0.05) is 12.1 Å². The van der Waals surface area contributed by atoms with Crippen LogP contribution >= 0.6 is 0 Å². The molecule has 1 aliphatic rings. The van der Waals surface area contributed by atoms with E-state index in [4.69, 9.17) is 9.47 Å². The molecule has 150 valence electrons. The molecule has 0 spiro atoms. The van der Waals surface area contributed by atoms with Gasteiger partial charge in [0.1, 0.15) is 5.60 Å². The lowest BCUT2D eigenvalue weighted by molar-refractivity contribution is 0.0241. The molecule has 1 atom stereocenters. The predicted molar refractivity (Wildman–Crippen MR) is 105 cm³/mol. The van der Waals surface area contributed by atoms with Gasteiger partial charge in [-0.25, -0.2) is 9.59 Å². The number of piperidine rings is 1. The first kappa shape index (κ1) is 21.2. The Morgan fingerprint density at radius 3 is 2.48 bits per heavy atom. The Hall–Kier alpha value is -2.08. The number of carbonyl (C=O) groups is 2. The van der Waals surface area contributed by atoms with Crippen LogP contribution < -0.4 is 0 Å². The fourth-order valence-corrected chi connectivity index (χ4v) is 3.37. The number of hydrogen-bond donors (Lipinski definition) is 0. The molecule has 6 heteroatoms. The number of nitrogens with zero attached hydrogens (tertiary/aromatic N) is 2. The van der Waals surface area contributed by atoms with Gasteiger partial charge in [0, 0.05) is 26.7 Å². The Morgan fingerprint density at radius 2 is 1.89 bits per heavy atom. The molecule has 1 heterocycles. The third-order valence-corrected chi connectivity index (χ3v) is 4.62. The zero-order chi connectivity index (χ0) is 20.0. The highest BCUT2D eigenvalue weighted by molar-refractivity contribution is 5.89. The van der Waals surface area contributed by atoms with E-state index in [2.05, 4.69) is 4.90 Å². The topological polar surface area (TPSA) is 59.1 Å². The van der Waals surface area contributed by atoms with E-state index in [1.54, 1.807) is 24.1 Å². The number of hydrogen-bond acceptors (Lipinski definition) is 5. The lowest BCUT2D eigenvalue weighted by Crippen LogP contribution is -2.42. The largest absolute Gasteiger partial charge is 0.465 e. The molecule has 1 fully saturated rings. The van der Waals surface area contributed by atoms with Crippen LogP contribution in [0.25, 0.3) is 0 Å². The molecule has 0 saturated carbocycles. The van der Waals surface area contributed by atoms with Gasteiger partial charge in [0.15, 0.2) is 0 Å². The van der Waals surface area contributed by atoms with E-state index in [9.17, 15) is 9.59 Å². The fourth-order valence-electron chi connectivity index (χ4n) is 3.37. The molecule has 0 aromatic heterocycles. The highest BCUT2D eigenvalue weighted by atomic mass is 16.6. The van der Waals surface area contributed by atoms with Crippen molar-refractivity contribution in [1.82, 2.24) is 9.80 Å². The standard InChI is InChI=1S/C21H32N2O4/c1-21(2,3)27-20(25)22(4)13-17-7-6-12-23(15-17)14-16-8-10-18(11-9-16)19(24)26-5/h8-11,17H,6-7,12-15H2,1-5H3. The summed E-state index contributed by atoms with van der Waals surface area (Å²) in [5, 5.41) is 0. The van der Waals surface area contributed by atoms with Crippen LogP contribution in [-0.4, -0.2) is 61.3 Å². The van der Waals surface area contributed by atoms with E-state index in [1.807, 2.05) is 32.9 Å². The molecule has 1 saturated heterocycles. The van der Waals surface area contributed by atoms with Crippen molar-refractivity contribution in [2.75, 3.05) is 33.8 Å². The lowest BCUT2D eigenvalue weighted by atomic mass is 9.97. The zero-order valence-corrected chi connectivity index (χ0v) is 17.2. The van der Waals surface area contributed by atoms with Crippen molar-refractivity contribution in [3.05, 3.63) is 35.4 Å². The van der Waals surface area contributed by atoms with Crippen LogP contribution in [0.1, 0.15) is 49.5 Å². The number of rotatable bonds is 5. The quantitative estimate of drug-likeness (QED) is 0.736. The average molecular weight is 376 g/mol. The van der Waals surface area contributed by atoms with Crippen molar-refractivity contribution in [1.29, 1.82) is 0 Å². The van der Waals surface area contributed by atoms with Crippen molar-refractivity contribution in [3.63, 3.8) is 0 Å². The van der Waals surface area contributed by atoms with Gasteiger partial charge in [-0.05, 0) is 63.8 Å². The second kappa shape index (κ2) is 9.22. The number of amides is 1. The Bertz CT molecular complexity index is 637. The number of benzene rings is 1. The second-order valence-electron chi connectivity index (χ2n) is 8.29. The Labute approximate surface area is 162 Å². The van der Waals surface area contributed by atoms with Gasteiger partial charge in [0.05, 0.1) is 12.7 Å². The molecule has 1 unspecified atom stereocenters. The average Bonchev–Trinajstić information content (AvgIpc) is 2.60. The predicted octanol–water partition coefficient (Wildman–Crippen LogP) is 3.55. The van der Waals surface area contributed by atoms with Gasteiger partial charge in [0.2, 0.25) is 0 Å². The normalized spacial score (nSPS) is 18.0. The molecule has 1 amide bonds. The van der Waals surface area contributed by atoms with E-state index >= 15 is 0 Å². The minimum absolute atomic E-state index is 0.266. The molecule has 1 aromatic carbocycles. The van der Waals surface area contributed by atoms with E-state index in [0.717, 1.165) is 32.5 Å². The SMILES string of the molecule is COC(=O)c1ccc(CN2CCCC(CN(C)C(=O)OC(C)(C)C)C2)cc1. The minimum atomic E-state index is -0.472. The first-order valence-corrected chi connectivity index (χ1v) is 9.51. The summed E-state index contributed by atoms with van der Waals surface area (Å²) in [6.07, 6.45) is 1.97. The summed E-state index contributed by atoms with van der Waals surface area (Å²) >= 11 is 0. The Kier molecular flexibility index (Phi) is 7.25. The van der Waals surface area contributed by atoms with Crippen LogP contribution in [0.3, 0.4) is 0 Å². The zero-order valence-electron chi connectivity index (χ0n) is 17.2. The first-order valence-electron chi connectivity index (χ1n) is 9.51. The molecule has 0 N–H and O–H groups in total. The van der Waals surface area contributed by atoms with Crippen LogP contribution in [-0.2, 0) is 16.0 Å². The maximum absolute atomic E-state index is 12.2. The van der Waals surface area contributed by atoms with E-state index in [1.165, 1.54) is 12.7 Å². The van der Waals surface area contributed by atoms with Crippen molar-refractivity contribution in [3.8, 4) is 0 Å². The third kappa shape index (κ3) is 6.86. The van der Waals surface area contributed by atoms with Crippen molar-refractivity contribution < 1.29 is 19.1 Å². The maximum atomic E-state index is 12.2. The smallest absolute Gasteiger partial charge is 0.410 e. The van der Waals surface area contributed by atoms with Gasteiger partial charge in [-0.15, -0.1) is 0 Å². The van der Waals surface area contributed by atoms with Gasteiger partial charge >= 0.3 is 12.1 Å². The van der Waals surface area contributed by atoms with Crippen LogP contribution in [0.4, 0.5) is 4.79 Å². The van der Waals surface area contributed by atoms with Crippen molar-refractivity contribution >= 4 is 12.1 Å². The van der Waals surface area contributed by atoms with Crippen LogP contribution in [0, 0.1) is 5.92 Å². The van der Waals surface area contributed by atoms with E-state index in [-0.39, 0.29) is 12.1 Å². The van der Waals surface area contributed by atoms with Crippen molar-refractivity contribution in [2.45, 2.75) is 45.8 Å². The Morgan fingerprint density at radius 1 is 1.22 bits per heavy atom. The summed E-state index contributed by atoms with van der Waals surface area (Å²) < 4.78 is 10.2. The summed E-state index contributed by atoms with van der Waals surface area (Å²) in [6.45, 7) is 9.18. The van der Waals surface area contributed by atoms with Crippen molar-refractivity contribution in [2.24, 2.45) is 5.92 Å². The van der Waals surface area contributed by atoms with Gasteiger partial charge in [-0.2, -0.15) is 0 Å². The number of esters is 1. The number of carbonyl (C=O) groups excluding carboxylic acids is 2. The Balaban J connectivity index is 1.86. The summed E-state index contributed by atoms with van der Waals surface area (Å²) in [4.78, 5) is 27.8. The molecule has 1 aromatic rings. The third-order valence-electron chi connectivity index (χ3n) is 4.62. The molecule has 0 radical (unpaired) electrons. The summed E-state index contributed by atoms with van der Waals surface area (Å²) in [7, 11) is 3.19. The molecule has 2 rings (SSSR count). The number of likely N-dealkylation sites (tertiary alicyclic amines) is 1. The molecule has 1 aliphatic heterocycles. The lowest BCUT2D eigenvalue weighted by Gasteiger charge is -2.35. The minimum Gasteiger partial charge on any atom is -0.465 e. The van der Waals surface area contributed by atoms with E-state index in [0.29, 0.717) is 18.0 Å². The molecular formula is C21H32N2O4. The van der Waals surface area contributed by atoms with Crippen LogP contribution in [0.15, 0.2) is 24.3 Å². The summed E-state index contributed by atoms with van der Waals surface area (Å²) in [5.41, 5.74) is 1.26. The number of ether oxygens (including phenoxy) is 2. The fraction of sp³-hybridized carbons (Fsp3) is 0.619.